The second-order valence-corrected chi connectivity index (χ2v) is 19.2. The first kappa shape index (κ1) is 68.2. The number of phenolic OH excluding ortho intramolecular Hbond substituents is 2. The molecule has 0 unspecified atom stereocenters. The highest BCUT2D eigenvalue weighted by molar-refractivity contribution is 5.98. The van der Waals surface area contributed by atoms with Crippen molar-refractivity contribution in [2.45, 2.75) is 165 Å². The number of unbranched alkanes of at least 4 members (excludes halogenated alkanes) is 3. The van der Waals surface area contributed by atoms with Crippen LogP contribution in [0, 0.1) is 0 Å². The Morgan fingerprint density at radius 3 is 1.07 bits per heavy atom. The van der Waals surface area contributed by atoms with Gasteiger partial charge < -0.3 is 91.0 Å². The number of aromatic hydroxyl groups is 2. The molecule has 0 radical (unpaired) electrons. The predicted octanol–water partition coefficient (Wildman–Crippen LogP) is -2.67. The van der Waals surface area contributed by atoms with E-state index in [0.717, 1.165) is 0 Å². The third-order valence-corrected chi connectivity index (χ3v) is 12.5. The average Bonchev–Trinajstić information content (AvgIpc) is 3.40. The zero-order chi connectivity index (χ0) is 59.9. The zero-order valence-corrected chi connectivity index (χ0v) is 45.1. The molecule has 9 atom stereocenters. The fraction of sp³-hybridized carbons (Fsp3) is 0.558. The van der Waals surface area contributed by atoms with Crippen LogP contribution < -0.4 is 65.5 Å². The zero-order valence-electron chi connectivity index (χ0n) is 45.1. The highest BCUT2D eigenvalue weighted by Gasteiger charge is 2.34. The maximum absolute atomic E-state index is 14.3. The van der Waals surface area contributed by atoms with E-state index in [0.29, 0.717) is 43.2 Å². The molecule has 2 rings (SSSR count). The monoisotopic (exact) mass is 1130 g/mol. The molecule has 0 saturated heterocycles. The second kappa shape index (κ2) is 36.3. The Hall–Kier alpha value is -7.95. The summed E-state index contributed by atoms with van der Waals surface area (Å²) >= 11 is 0. The number of benzene rings is 2. The number of hydrogen-bond donors (Lipinski definition) is 17. The van der Waals surface area contributed by atoms with E-state index in [1.165, 1.54) is 62.4 Å². The number of rotatable bonds is 39. The Morgan fingerprint density at radius 2 is 0.688 bits per heavy atom. The van der Waals surface area contributed by atoms with Crippen LogP contribution >= 0.6 is 0 Å². The number of nitrogens with two attached hydrogens (primary N) is 4. The Labute approximate surface area is 463 Å². The Kier molecular flexibility index (Phi) is 30.9. The average molecular weight is 1130 g/mol. The number of aliphatic carboxylic acids is 3. The molecule has 0 aliphatic carbocycles. The first-order chi connectivity index (χ1) is 37.9. The van der Waals surface area contributed by atoms with Crippen molar-refractivity contribution in [2.75, 3.05) is 19.6 Å². The number of carbonyl (C=O) groups excluding carboxylic acids is 8. The van der Waals surface area contributed by atoms with Crippen LogP contribution in [0.4, 0.5) is 0 Å². The van der Waals surface area contributed by atoms with Gasteiger partial charge in [-0.25, -0.2) is 4.79 Å². The lowest BCUT2D eigenvalue weighted by Crippen LogP contribution is -2.60. The summed E-state index contributed by atoms with van der Waals surface area (Å²) in [6.07, 6.45) is 0.132. The number of carboxylic acids is 3. The van der Waals surface area contributed by atoms with Crippen LogP contribution in [0.1, 0.15) is 108 Å². The Bertz CT molecular complexity index is 2380. The summed E-state index contributed by atoms with van der Waals surface area (Å²) in [7, 11) is 0. The lowest BCUT2D eigenvalue weighted by molar-refractivity contribution is -0.142. The van der Waals surface area contributed by atoms with Gasteiger partial charge in [0.25, 0.3) is 0 Å². The van der Waals surface area contributed by atoms with Crippen LogP contribution in [-0.2, 0) is 65.6 Å². The summed E-state index contributed by atoms with van der Waals surface area (Å²) < 4.78 is 0. The van der Waals surface area contributed by atoms with Gasteiger partial charge in [0, 0.05) is 25.7 Å². The molecule has 0 saturated carbocycles. The maximum atomic E-state index is 14.3. The van der Waals surface area contributed by atoms with Gasteiger partial charge in [0.2, 0.25) is 47.3 Å². The van der Waals surface area contributed by atoms with Gasteiger partial charge in [0.1, 0.15) is 59.8 Å². The first-order valence-electron chi connectivity index (χ1n) is 26.4. The van der Waals surface area contributed by atoms with Crippen molar-refractivity contribution in [3.63, 3.8) is 0 Å². The van der Waals surface area contributed by atoms with Gasteiger partial charge in [-0.15, -0.1) is 0 Å². The summed E-state index contributed by atoms with van der Waals surface area (Å²) in [4.78, 5) is 145. The van der Waals surface area contributed by atoms with E-state index in [4.69, 9.17) is 28.0 Å². The largest absolute Gasteiger partial charge is 0.508 e. The standard InChI is InChI=1S/C52H80N12O16/c1-29(57-47(74)36(9-3-6-24-53)60-46(73)35(56)20-22-42(67)68)44(71)59-37(10-4-7-25-54)49(76)64-41(28-32-14-18-34(66)19-15-32)50(77)61-38(21-23-43(69)70)48(75)58-30(2)45(72)63-40(27-31-12-16-33(65)17-13-31)51(78)62-39(52(79)80)11-5-8-26-55/h12-19,29-30,35-41,65-66H,3-11,20-28,53-56H2,1-2H3,(H,57,74)(H,58,75)(H,59,71)(H,60,73)(H,61,77)(H,62,78)(H,63,72)(H,64,76)(H,67,68)(H,69,70)(H,79,80)/t29-,30-,35-,36-,37-,38-,39-,40-,41-/m0/s1. The van der Waals surface area contributed by atoms with Crippen LogP contribution in [0.3, 0.4) is 0 Å². The van der Waals surface area contributed by atoms with E-state index in [-0.39, 0.29) is 76.1 Å². The number of phenols is 2. The number of amides is 8. The van der Waals surface area contributed by atoms with Crippen molar-refractivity contribution in [3.8, 4) is 11.5 Å². The molecule has 21 N–H and O–H groups in total. The van der Waals surface area contributed by atoms with Gasteiger partial charge in [0.05, 0.1) is 6.04 Å². The summed E-state index contributed by atoms with van der Waals surface area (Å²) in [5, 5.41) is 68.2. The molecule has 444 valence electrons. The Balaban J connectivity index is 2.41. The summed E-state index contributed by atoms with van der Waals surface area (Å²) in [6.45, 7) is 3.30. The molecule has 8 amide bonds. The van der Waals surface area contributed by atoms with Gasteiger partial charge in [-0.3, -0.25) is 47.9 Å². The minimum Gasteiger partial charge on any atom is -0.508 e. The number of carboxylic acid groups (broad SMARTS) is 3. The van der Waals surface area contributed by atoms with E-state index in [1.54, 1.807) is 0 Å². The number of nitrogens with one attached hydrogen (secondary N) is 8. The molecule has 0 spiro atoms. The molecular formula is C52H80N12O16. The molecule has 28 nitrogen and oxygen atoms in total. The lowest BCUT2D eigenvalue weighted by Gasteiger charge is -2.27. The molecule has 2 aromatic carbocycles. The summed E-state index contributed by atoms with van der Waals surface area (Å²) in [5.74, 6) is -11.4. The topological polar surface area (TPSA) is 489 Å². The number of carbonyl (C=O) groups is 11. The Morgan fingerprint density at radius 1 is 0.388 bits per heavy atom. The van der Waals surface area contributed by atoms with Crippen molar-refractivity contribution in [1.29, 1.82) is 0 Å². The predicted molar refractivity (Wildman–Crippen MR) is 288 cm³/mol. The third-order valence-electron chi connectivity index (χ3n) is 12.5. The molecule has 2 aromatic rings. The smallest absolute Gasteiger partial charge is 0.326 e. The molecule has 0 aromatic heterocycles. The van der Waals surface area contributed by atoms with E-state index in [9.17, 15) is 73.2 Å². The fourth-order valence-corrected chi connectivity index (χ4v) is 7.82. The normalized spacial score (nSPS) is 14.4. The maximum Gasteiger partial charge on any atom is 0.326 e. The second-order valence-electron chi connectivity index (χ2n) is 19.2. The molecule has 80 heavy (non-hydrogen) atoms. The molecule has 0 aliphatic rings. The van der Waals surface area contributed by atoms with Gasteiger partial charge in [-0.2, -0.15) is 0 Å². The minimum atomic E-state index is -1.68. The van der Waals surface area contributed by atoms with E-state index >= 15 is 0 Å². The molecular weight excluding hydrogens is 1050 g/mol. The molecule has 0 aliphatic heterocycles. The minimum absolute atomic E-state index is 0.0277. The van der Waals surface area contributed by atoms with Crippen molar-refractivity contribution < 1.29 is 78.3 Å². The van der Waals surface area contributed by atoms with Gasteiger partial charge in [-0.05, 0) is 140 Å². The van der Waals surface area contributed by atoms with Crippen LogP contribution in [0.2, 0.25) is 0 Å². The van der Waals surface area contributed by atoms with Crippen molar-refractivity contribution >= 4 is 65.2 Å². The SMILES string of the molecule is C[C@H](NC(=O)[C@H](CCC(=O)O)NC(=O)[C@H](Cc1ccc(O)cc1)NC(=O)[C@H](CCCCN)NC(=O)[C@H](C)NC(=O)[C@H](CCCCN)NC(=O)[C@@H](N)CCC(=O)O)C(=O)N[C@@H](Cc1ccc(O)cc1)C(=O)N[C@@H](CCCCN)C(=O)O. The van der Waals surface area contributed by atoms with Crippen molar-refractivity contribution in [2.24, 2.45) is 22.9 Å². The molecule has 28 heteroatoms. The first-order valence-corrected chi connectivity index (χ1v) is 26.4. The highest BCUT2D eigenvalue weighted by Crippen LogP contribution is 2.15. The van der Waals surface area contributed by atoms with Crippen molar-refractivity contribution in [3.05, 3.63) is 59.7 Å². The molecule has 0 bridgehead atoms. The molecule has 0 heterocycles. The third kappa shape index (κ3) is 26.1. The van der Waals surface area contributed by atoms with Gasteiger partial charge in [-0.1, -0.05) is 24.3 Å². The summed E-state index contributed by atoms with van der Waals surface area (Å²) in [5.41, 5.74) is 23.6. The number of hydrogen-bond acceptors (Lipinski definition) is 17. The van der Waals surface area contributed by atoms with Gasteiger partial charge >= 0.3 is 17.9 Å². The van der Waals surface area contributed by atoms with E-state index < -0.39 is 139 Å². The molecule has 0 fully saturated rings. The fourth-order valence-electron chi connectivity index (χ4n) is 7.82. The van der Waals surface area contributed by atoms with Crippen LogP contribution in [0.15, 0.2) is 48.5 Å². The van der Waals surface area contributed by atoms with Crippen LogP contribution in [-0.4, -0.2) is 165 Å². The quantitative estimate of drug-likeness (QED) is 0.0304. The van der Waals surface area contributed by atoms with E-state index in [2.05, 4.69) is 42.5 Å². The van der Waals surface area contributed by atoms with Gasteiger partial charge in [0.15, 0.2) is 0 Å². The van der Waals surface area contributed by atoms with Crippen LogP contribution in [0.5, 0.6) is 11.5 Å². The van der Waals surface area contributed by atoms with E-state index in [1.807, 2.05) is 0 Å². The van der Waals surface area contributed by atoms with Crippen LogP contribution in [0.25, 0.3) is 0 Å². The lowest BCUT2D eigenvalue weighted by atomic mass is 10.0. The summed E-state index contributed by atoms with van der Waals surface area (Å²) in [6, 6.07) is -1.57. The highest BCUT2D eigenvalue weighted by atomic mass is 16.4. The van der Waals surface area contributed by atoms with Crippen molar-refractivity contribution in [1.82, 2.24) is 42.5 Å².